The molecule has 0 aliphatic carbocycles. The first kappa shape index (κ1) is 4.51. The molecule has 0 radical (unpaired) electrons. The summed E-state index contributed by atoms with van der Waals surface area (Å²) in [5, 5.41) is 0. The van der Waals surface area contributed by atoms with Crippen molar-refractivity contribution in [3.8, 4) is 0 Å². The molecule has 0 aliphatic rings. The summed E-state index contributed by atoms with van der Waals surface area (Å²) in [5.74, 6) is 0. The van der Waals surface area contributed by atoms with Crippen molar-refractivity contribution in [1.29, 1.82) is 0 Å². The average molecular weight is 176 g/mol. The number of rotatable bonds is 0. The normalized spacial score (nSPS) is 8.75. The summed E-state index contributed by atoms with van der Waals surface area (Å²) >= 11 is -4.11. The topological polar surface area (TPSA) is 63.2 Å². The zero-order chi connectivity index (χ0) is 3.58. The summed E-state index contributed by atoms with van der Waals surface area (Å²) in [6.45, 7) is 0. The molecular formula is O3Te-2. The second kappa shape index (κ2) is 1.79. The third kappa shape index (κ3) is 22.0. The minimum atomic E-state index is -4.11. The van der Waals surface area contributed by atoms with Gasteiger partial charge in [-0.25, -0.2) is 0 Å². The molecule has 3 nitrogen and oxygen atoms in total. The summed E-state index contributed by atoms with van der Waals surface area (Å²) in [4.78, 5) is 0. The van der Waals surface area contributed by atoms with Crippen LogP contribution in [-0.4, -0.2) is 20.4 Å². The fraction of sp³-hybridized carbons (Fsp3) is 0. The maximum atomic E-state index is 8.59. The molecule has 0 aromatic carbocycles. The second-order valence-electron chi connectivity index (χ2n) is 0.204. The summed E-state index contributed by atoms with van der Waals surface area (Å²) in [7, 11) is 0. The summed E-state index contributed by atoms with van der Waals surface area (Å²) in [6.07, 6.45) is 0. The fourth-order valence-electron chi connectivity index (χ4n) is 0. The van der Waals surface area contributed by atoms with Gasteiger partial charge in [0.15, 0.2) is 0 Å². The molecule has 0 N–H and O–H groups in total. The van der Waals surface area contributed by atoms with Crippen molar-refractivity contribution in [2.75, 3.05) is 0 Å². The van der Waals surface area contributed by atoms with Gasteiger partial charge >= 0.3 is 30.4 Å². The Kier molecular flexibility index (Phi) is 2.02. The van der Waals surface area contributed by atoms with Gasteiger partial charge in [-0.05, 0) is 0 Å². The molecular weight excluding hydrogens is 176 g/mol. The van der Waals surface area contributed by atoms with Gasteiger partial charge in [-0.15, -0.1) is 0 Å². The van der Waals surface area contributed by atoms with Crippen LogP contribution in [0.25, 0.3) is 0 Å². The molecule has 0 spiro atoms. The number of hydrogen-bond donors (Lipinski definition) is 0. The van der Waals surface area contributed by atoms with Crippen LogP contribution in [0.15, 0.2) is 0 Å². The van der Waals surface area contributed by atoms with E-state index in [2.05, 4.69) is 0 Å². The molecule has 0 fully saturated rings. The summed E-state index contributed by atoms with van der Waals surface area (Å²) in [5.41, 5.74) is 0. The van der Waals surface area contributed by atoms with Crippen molar-refractivity contribution in [2.45, 2.75) is 0 Å². The molecule has 0 amide bonds. The van der Waals surface area contributed by atoms with Crippen LogP contribution in [0.5, 0.6) is 0 Å². The molecule has 0 aromatic rings. The van der Waals surface area contributed by atoms with Crippen molar-refractivity contribution in [3.05, 3.63) is 0 Å². The molecule has 0 heterocycles. The van der Waals surface area contributed by atoms with E-state index in [4.69, 9.17) is 10.0 Å². The monoisotopic (exact) mass is 178 g/mol. The van der Waals surface area contributed by atoms with E-state index in [-0.39, 0.29) is 0 Å². The van der Waals surface area contributed by atoms with Gasteiger partial charge < -0.3 is 0 Å². The molecule has 0 aliphatic heterocycles. The molecule has 0 rings (SSSR count). The zero-order valence-electron chi connectivity index (χ0n) is 1.63. The first-order chi connectivity index (χ1) is 1.73. The third-order valence-electron chi connectivity index (χ3n) is 0. The molecule has 0 aromatic heterocycles. The van der Waals surface area contributed by atoms with Crippen molar-refractivity contribution in [2.24, 2.45) is 0 Å². The number of hydrogen-bond acceptors (Lipinski definition) is 3. The Balaban J connectivity index is 2.80. The van der Waals surface area contributed by atoms with E-state index in [1.54, 1.807) is 0 Å². The van der Waals surface area contributed by atoms with E-state index in [0.717, 1.165) is 0 Å². The Bertz CT molecular complexity index is 26.3. The minimum absolute atomic E-state index is 4.11. The van der Waals surface area contributed by atoms with Crippen LogP contribution >= 0.6 is 0 Å². The molecule has 0 saturated heterocycles. The van der Waals surface area contributed by atoms with Crippen molar-refractivity contribution in [3.63, 3.8) is 0 Å². The van der Waals surface area contributed by atoms with Gasteiger partial charge in [0.1, 0.15) is 0 Å². The van der Waals surface area contributed by atoms with Crippen LogP contribution in [-0.2, 0) is 3.10 Å². The molecule has 0 atom stereocenters. The van der Waals surface area contributed by atoms with Crippen LogP contribution in [0.1, 0.15) is 0 Å². The van der Waals surface area contributed by atoms with Crippen LogP contribution in [0.2, 0.25) is 0 Å². The molecule has 0 unspecified atom stereocenters. The van der Waals surface area contributed by atoms with Gasteiger partial charge in [0, 0.05) is 0 Å². The molecule has 4 heavy (non-hydrogen) atoms. The van der Waals surface area contributed by atoms with Gasteiger partial charge in [-0.2, -0.15) is 0 Å². The van der Waals surface area contributed by atoms with E-state index in [9.17, 15) is 0 Å². The summed E-state index contributed by atoms with van der Waals surface area (Å²) < 4.78 is 25.8. The maximum absolute atomic E-state index is 8.59. The third-order valence-corrected chi connectivity index (χ3v) is 0. The molecule has 4 heteroatoms. The van der Waals surface area contributed by atoms with E-state index in [0.29, 0.717) is 0 Å². The van der Waals surface area contributed by atoms with Crippen LogP contribution in [0.3, 0.4) is 0 Å². The molecule has 26 valence electrons. The van der Waals surface area contributed by atoms with Gasteiger partial charge in [0.2, 0.25) is 0 Å². The summed E-state index contributed by atoms with van der Waals surface area (Å²) in [6, 6.07) is 0. The van der Waals surface area contributed by atoms with E-state index in [1.165, 1.54) is 0 Å². The Morgan fingerprint density at radius 1 is 1.50 bits per heavy atom. The Labute approximate surface area is 31.0 Å². The van der Waals surface area contributed by atoms with Crippen molar-refractivity contribution >= 4 is 20.4 Å². The predicted octanol–water partition coefficient (Wildman–Crippen LogP) is -2.88. The van der Waals surface area contributed by atoms with Crippen molar-refractivity contribution in [1.82, 2.24) is 0 Å². The second-order valence-corrected chi connectivity index (χ2v) is 1.37. The van der Waals surface area contributed by atoms with Crippen LogP contribution in [0.4, 0.5) is 0 Å². The predicted molar refractivity (Wildman–Crippen MR) is 6.44 cm³/mol. The van der Waals surface area contributed by atoms with Gasteiger partial charge in [0.25, 0.3) is 0 Å². The standard InChI is InChI=1S/H2O3Te/c1-4(2)3/h(H2,1,2,3)/p-2. The van der Waals surface area contributed by atoms with E-state index in [1.807, 2.05) is 0 Å². The van der Waals surface area contributed by atoms with Gasteiger partial charge in [-0.1, -0.05) is 0 Å². The average Bonchev–Trinajstić information content (AvgIpc) is 0.811. The van der Waals surface area contributed by atoms with Gasteiger partial charge in [-0.3, -0.25) is 0 Å². The first-order valence-electron chi connectivity index (χ1n) is 0.500. The quantitative estimate of drug-likeness (QED) is 0.372. The SMILES string of the molecule is O=[Te]([O-])[O-]. The Morgan fingerprint density at radius 2 is 1.50 bits per heavy atom. The first-order valence-corrected chi connectivity index (χ1v) is 3.35. The van der Waals surface area contributed by atoms with E-state index < -0.39 is 20.4 Å². The molecule has 0 bridgehead atoms. The van der Waals surface area contributed by atoms with Crippen molar-refractivity contribution < 1.29 is 10.0 Å². The van der Waals surface area contributed by atoms with Crippen LogP contribution < -0.4 is 6.94 Å². The Hall–Kier alpha value is 0.510. The Morgan fingerprint density at radius 3 is 1.50 bits per heavy atom. The zero-order valence-corrected chi connectivity index (χ0v) is 3.96. The van der Waals surface area contributed by atoms with E-state index >= 15 is 0 Å². The fourth-order valence-corrected chi connectivity index (χ4v) is 0. The van der Waals surface area contributed by atoms with Crippen LogP contribution in [0, 0.1) is 0 Å². The van der Waals surface area contributed by atoms with Gasteiger partial charge in [0.05, 0.1) is 0 Å². The molecule has 0 saturated carbocycles.